The summed E-state index contributed by atoms with van der Waals surface area (Å²) in [6, 6.07) is 5.28. The smallest absolute Gasteiger partial charge is 0.318 e. The van der Waals surface area contributed by atoms with E-state index in [4.69, 9.17) is 0 Å². The number of benzene rings is 1. The van der Waals surface area contributed by atoms with E-state index in [1.165, 1.54) is 18.6 Å². The van der Waals surface area contributed by atoms with E-state index in [1.807, 2.05) is 25.7 Å². The van der Waals surface area contributed by atoms with Crippen molar-refractivity contribution >= 4 is 17.8 Å². The Morgan fingerprint density at radius 3 is 2.24 bits per heavy atom. The normalized spacial score (nSPS) is 22.5. The Hall–Kier alpha value is -2.68. The maximum atomic E-state index is 14.1. The number of hydrogen-bond donors (Lipinski definition) is 3. The minimum Gasteiger partial charge on any atom is -0.351 e. The molecule has 0 spiro atoms. The van der Waals surface area contributed by atoms with Crippen molar-refractivity contribution in [3.8, 4) is 0 Å². The van der Waals surface area contributed by atoms with Gasteiger partial charge in [0.15, 0.2) is 0 Å². The molecular weight excluding hydrogens is 533 g/mol. The number of piperidine rings is 1. The maximum absolute atomic E-state index is 14.1. The van der Waals surface area contributed by atoms with Gasteiger partial charge in [-0.2, -0.15) is 0 Å². The summed E-state index contributed by atoms with van der Waals surface area (Å²) in [5, 5.41) is 9.77. The lowest BCUT2D eigenvalue weighted by atomic mass is 9.63. The number of halogens is 1. The van der Waals surface area contributed by atoms with Crippen LogP contribution in [0, 0.1) is 23.1 Å². The van der Waals surface area contributed by atoms with Crippen LogP contribution in [0.5, 0.6) is 0 Å². The highest BCUT2D eigenvalue weighted by Gasteiger charge is 2.49. The second kappa shape index (κ2) is 13.7. The van der Waals surface area contributed by atoms with Crippen molar-refractivity contribution < 1.29 is 18.8 Å². The second-order valence-corrected chi connectivity index (χ2v) is 14.1. The lowest BCUT2D eigenvalue weighted by Crippen LogP contribution is -2.61. The van der Waals surface area contributed by atoms with Crippen molar-refractivity contribution in [2.24, 2.45) is 17.3 Å². The summed E-state index contributed by atoms with van der Waals surface area (Å²) in [6.45, 7) is 13.1. The fourth-order valence-electron chi connectivity index (χ4n) is 6.99. The zero-order valence-electron chi connectivity index (χ0n) is 26.3. The molecule has 234 valence electrons. The zero-order chi connectivity index (χ0) is 30.5. The van der Waals surface area contributed by atoms with Gasteiger partial charge in [-0.3, -0.25) is 9.59 Å². The molecule has 1 aromatic carbocycles. The van der Waals surface area contributed by atoms with E-state index in [0.717, 1.165) is 31.2 Å². The summed E-state index contributed by atoms with van der Waals surface area (Å²) in [6.07, 6.45) is 7.13. The molecule has 0 unspecified atom stereocenters. The van der Waals surface area contributed by atoms with E-state index in [2.05, 4.69) is 29.8 Å². The third-order valence-electron chi connectivity index (χ3n) is 9.54. The Kier molecular flexibility index (Phi) is 10.5. The monoisotopic (exact) mass is 585 g/mol. The molecule has 2 heterocycles. The van der Waals surface area contributed by atoms with Gasteiger partial charge in [0.25, 0.3) is 0 Å². The zero-order valence-corrected chi connectivity index (χ0v) is 26.3. The number of likely N-dealkylation sites (tertiary alicyclic amines) is 1. The van der Waals surface area contributed by atoms with Gasteiger partial charge >= 0.3 is 6.03 Å². The topological polar surface area (TPSA) is 93.8 Å². The first-order valence-corrected chi connectivity index (χ1v) is 16.0. The summed E-state index contributed by atoms with van der Waals surface area (Å²) < 4.78 is 13.6. The Morgan fingerprint density at radius 1 is 1.00 bits per heavy atom. The minimum atomic E-state index is -0.777. The van der Waals surface area contributed by atoms with Crippen LogP contribution in [0.3, 0.4) is 0 Å². The van der Waals surface area contributed by atoms with Gasteiger partial charge < -0.3 is 25.8 Å². The molecule has 0 aromatic heterocycles. The van der Waals surface area contributed by atoms with Crippen LogP contribution in [0.4, 0.5) is 9.18 Å². The van der Waals surface area contributed by atoms with Gasteiger partial charge in [-0.1, -0.05) is 45.2 Å². The number of urea groups is 1. The van der Waals surface area contributed by atoms with Gasteiger partial charge in [-0.05, 0) is 76.0 Å². The minimum absolute atomic E-state index is 0.114. The molecule has 1 aromatic rings. The molecule has 9 heteroatoms. The van der Waals surface area contributed by atoms with Crippen LogP contribution < -0.4 is 16.0 Å². The third kappa shape index (κ3) is 8.03. The SMILES string of the molecule is CC(C)[C@@H]1CN(C(=O)N[C@H](Cc2ccc(F)cc2)C(=O)N2CCC(C(=O)NC(C)(C)C)(C3CCCCC3)CC2)CCN1. The van der Waals surface area contributed by atoms with Crippen LogP contribution in [0.1, 0.15) is 85.1 Å². The number of piperazine rings is 1. The molecule has 0 radical (unpaired) electrons. The highest BCUT2D eigenvalue weighted by atomic mass is 19.1. The fourth-order valence-corrected chi connectivity index (χ4v) is 6.99. The number of hydrogen-bond acceptors (Lipinski definition) is 4. The molecule has 2 atom stereocenters. The lowest BCUT2D eigenvalue weighted by molar-refractivity contribution is -0.147. The first-order chi connectivity index (χ1) is 19.9. The molecule has 4 rings (SSSR count). The number of rotatable bonds is 7. The molecule has 2 saturated heterocycles. The molecule has 42 heavy (non-hydrogen) atoms. The second-order valence-electron chi connectivity index (χ2n) is 14.1. The first kappa shape index (κ1) is 32.2. The molecule has 4 amide bonds. The third-order valence-corrected chi connectivity index (χ3v) is 9.54. The summed E-state index contributed by atoms with van der Waals surface area (Å²) in [5.41, 5.74) is -0.0183. The number of amides is 4. The van der Waals surface area contributed by atoms with Crippen LogP contribution in [0.15, 0.2) is 24.3 Å². The Labute approximate surface area is 251 Å². The number of carbonyl (C=O) groups is 3. The predicted molar refractivity (Wildman–Crippen MR) is 163 cm³/mol. The molecular formula is C33H52FN5O3. The van der Waals surface area contributed by atoms with Crippen molar-refractivity contribution in [3.05, 3.63) is 35.6 Å². The summed E-state index contributed by atoms with van der Waals surface area (Å²) in [4.78, 5) is 44.9. The van der Waals surface area contributed by atoms with E-state index < -0.39 is 11.5 Å². The molecule has 2 aliphatic heterocycles. The van der Waals surface area contributed by atoms with Gasteiger partial charge in [0, 0.05) is 50.7 Å². The number of nitrogens with one attached hydrogen (secondary N) is 3. The molecule has 3 fully saturated rings. The number of nitrogens with zero attached hydrogens (tertiary/aromatic N) is 2. The highest BCUT2D eigenvalue weighted by molar-refractivity contribution is 5.88. The van der Waals surface area contributed by atoms with Crippen molar-refractivity contribution in [3.63, 3.8) is 0 Å². The lowest BCUT2D eigenvalue weighted by Gasteiger charge is -2.48. The van der Waals surface area contributed by atoms with Crippen LogP contribution in [0.25, 0.3) is 0 Å². The molecule has 0 bridgehead atoms. The molecule has 1 saturated carbocycles. The van der Waals surface area contributed by atoms with Crippen molar-refractivity contribution in [2.45, 2.75) is 104 Å². The quantitative estimate of drug-likeness (QED) is 0.440. The van der Waals surface area contributed by atoms with Gasteiger partial charge in [0.2, 0.25) is 11.8 Å². The van der Waals surface area contributed by atoms with Crippen LogP contribution in [-0.4, -0.2) is 78.0 Å². The van der Waals surface area contributed by atoms with Gasteiger partial charge in [-0.15, -0.1) is 0 Å². The molecule has 3 aliphatic rings. The van der Waals surface area contributed by atoms with Crippen molar-refractivity contribution in [2.75, 3.05) is 32.7 Å². The molecule has 3 N–H and O–H groups in total. The van der Waals surface area contributed by atoms with E-state index in [9.17, 15) is 18.8 Å². The van der Waals surface area contributed by atoms with Gasteiger partial charge in [0.05, 0.1) is 5.41 Å². The first-order valence-electron chi connectivity index (χ1n) is 16.0. The molecule has 1 aliphatic carbocycles. The molecule has 8 nitrogen and oxygen atoms in total. The number of carbonyl (C=O) groups excluding carboxylic acids is 3. The Balaban J connectivity index is 1.50. The van der Waals surface area contributed by atoms with Crippen LogP contribution >= 0.6 is 0 Å². The highest BCUT2D eigenvalue weighted by Crippen LogP contribution is 2.46. The largest absolute Gasteiger partial charge is 0.351 e. The van der Waals surface area contributed by atoms with Crippen LogP contribution in [-0.2, 0) is 16.0 Å². The predicted octanol–water partition coefficient (Wildman–Crippen LogP) is 4.48. The average molecular weight is 586 g/mol. The van der Waals surface area contributed by atoms with Gasteiger partial charge in [0.1, 0.15) is 11.9 Å². The average Bonchev–Trinajstić information content (AvgIpc) is 2.97. The van der Waals surface area contributed by atoms with Gasteiger partial charge in [-0.25, -0.2) is 9.18 Å². The van der Waals surface area contributed by atoms with Crippen molar-refractivity contribution in [1.29, 1.82) is 0 Å². The van der Waals surface area contributed by atoms with E-state index >= 15 is 0 Å². The Bertz CT molecular complexity index is 1070. The summed E-state index contributed by atoms with van der Waals surface area (Å²) in [7, 11) is 0. The Morgan fingerprint density at radius 2 is 1.64 bits per heavy atom. The van der Waals surface area contributed by atoms with E-state index in [0.29, 0.717) is 57.4 Å². The van der Waals surface area contributed by atoms with Crippen LogP contribution in [0.2, 0.25) is 0 Å². The fraction of sp³-hybridized carbons (Fsp3) is 0.727. The van der Waals surface area contributed by atoms with E-state index in [1.54, 1.807) is 17.0 Å². The summed E-state index contributed by atoms with van der Waals surface area (Å²) in [5.74, 6) is 0.336. The summed E-state index contributed by atoms with van der Waals surface area (Å²) >= 11 is 0. The standard InChI is InChI=1S/C33H52FN5O3/c1-23(2)28-22-39(20-17-35-28)31(42)36-27(21-24-11-13-26(34)14-12-24)29(40)38-18-15-33(16-19-38,25-9-7-6-8-10-25)30(41)37-32(3,4)5/h11-14,23,25,27-28,35H,6-10,15-22H2,1-5H3,(H,36,42)(H,37,41)/t27-,28+/m1/s1. The van der Waals surface area contributed by atoms with E-state index in [-0.39, 0.29) is 41.7 Å². The van der Waals surface area contributed by atoms with Crippen molar-refractivity contribution in [1.82, 2.24) is 25.8 Å². The maximum Gasteiger partial charge on any atom is 0.318 e.